The molecule has 2 rings (SSSR count). The molecule has 23 heavy (non-hydrogen) atoms. The molecule has 1 amide bonds. The van der Waals surface area contributed by atoms with Crippen molar-refractivity contribution in [2.45, 2.75) is 13.3 Å². The molecule has 2 aromatic rings. The molecule has 2 aromatic carbocycles. The number of anilines is 1. The molecule has 0 heterocycles. The normalized spacial score (nSPS) is 9.96. The van der Waals surface area contributed by atoms with E-state index in [4.69, 9.17) is 4.74 Å². The van der Waals surface area contributed by atoms with Crippen LogP contribution < -0.4 is 5.32 Å². The molecule has 5 heteroatoms. The van der Waals surface area contributed by atoms with Crippen molar-refractivity contribution in [3.05, 3.63) is 65.7 Å². The molecular formula is C18H17NO4. The highest BCUT2D eigenvalue weighted by Crippen LogP contribution is 2.14. The molecule has 0 aliphatic carbocycles. The van der Waals surface area contributed by atoms with E-state index in [-0.39, 0.29) is 24.7 Å². The standard InChI is InChI=1S/C18H17NO4/c1-2-23-17(21)12-16(20)14-9-6-10-15(11-14)19-18(22)13-7-4-3-5-8-13/h3-11H,2,12H2,1H3,(H,19,22). The molecule has 0 saturated carbocycles. The van der Waals surface area contributed by atoms with Crippen LogP contribution in [-0.2, 0) is 9.53 Å². The monoisotopic (exact) mass is 311 g/mol. The van der Waals surface area contributed by atoms with E-state index in [2.05, 4.69) is 5.32 Å². The highest BCUT2D eigenvalue weighted by atomic mass is 16.5. The number of rotatable bonds is 6. The molecule has 0 spiro atoms. The van der Waals surface area contributed by atoms with E-state index >= 15 is 0 Å². The summed E-state index contributed by atoms with van der Waals surface area (Å²) in [6, 6.07) is 15.2. The van der Waals surface area contributed by atoms with Crippen molar-refractivity contribution < 1.29 is 19.1 Å². The maximum absolute atomic E-state index is 12.1. The topological polar surface area (TPSA) is 72.5 Å². The average molecular weight is 311 g/mol. The maximum Gasteiger partial charge on any atom is 0.313 e. The fraction of sp³-hybridized carbons (Fsp3) is 0.167. The third-order valence-corrected chi connectivity index (χ3v) is 3.09. The molecule has 0 saturated heterocycles. The molecule has 0 atom stereocenters. The van der Waals surface area contributed by atoms with E-state index in [0.717, 1.165) is 0 Å². The first kappa shape index (κ1) is 16.4. The van der Waals surface area contributed by atoms with Crippen molar-refractivity contribution in [1.29, 1.82) is 0 Å². The maximum atomic E-state index is 12.1. The van der Waals surface area contributed by atoms with Gasteiger partial charge in [0.2, 0.25) is 0 Å². The molecule has 0 aliphatic rings. The summed E-state index contributed by atoms with van der Waals surface area (Å²) >= 11 is 0. The van der Waals surface area contributed by atoms with Gasteiger partial charge >= 0.3 is 5.97 Å². The number of carbonyl (C=O) groups is 3. The van der Waals surface area contributed by atoms with Crippen LogP contribution >= 0.6 is 0 Å². The summed E-state index contributed by atoms with van der Waals surface area (Å²) in [6.45, 7) is 1.92. The molecule has 0 bridgehead atoms. The predicted molar refractivity (Wildman–Crippen MR) is 86.4 cm³/mol. The largest absolute Gasteiger partial charge is 0.466 e. The van der Waals surface area contributed by atoms with Crippen LogP contribution in [0, 0.1) is 0 Å². The first-order valence-corrected chi connectivity index (χ1v) is 7.25. The first-order valence-electron chi connectivity index (χ1n) is 7.25. The molecule has 0 fully saturated rings. The lowest BCUT2D eigenvalue weighted by atomic mass is 10.1. The van der Waals surface area contributed by atoms with Crippen molar-refractivity contribution in [2.24, 2.45) is 0 Å². The highest BCUT2D eigenvalue weighted by molar-refractivity contribution is 6.08. The Morgan fingerprint density at radius 3 is 2.35 bits per heavy atom. The van der Waals surface area contributed by atoms with Gasteiger partial charge in [-0.1, -0.05) is 30.3 Å². The Labute approximate surface area is 134 Å². The van der Waals surface area contributed by atoms with Crippen molar-refractivity contribution in [3.63, 3.8) is 0 Å². The van der Waals surface area contributed by atoms with Gasteiger partial charge in [-0.3, -0.25) is 14.4 Å². The molecule has 1 N–H and O–H groups in total. The lowest BCUT2D eigenvalue weighted by Crippen LogP contribution is -2.13. The number of amides is 1. The summed E-state index contributed by atoms with van der Waals surface area (Å²) in [6.07, 6.45) is -0.316. The van der Waals surface area contributed by atoms with Gasteiger partial charge in [0.15, 0.2) is 5.78 Å². The van der Waals surface area contributed by atoms with E-state index in [9.17, 15) is 14.4 Å². The average Bonchev–Trinajstić information content (AvgIpc) is 2.56. The van der Waals surface area contributed by atoms with Crippen molar-refractivity contribution >= 4 is 23.3 Å². The van der Waals surface area contributed by atoms with Gasteiger partial charge in [0.25, 0.3) is 5.91 Å². The molecule has 118 valence electrons. The molecule has 0 radical (unpaired) electrons. The summed E-state index contributed by atoms with van der Waals surface area (Å²) in [4.78, 5) is 35.5. The number of benzene rings is 2. The van der Waals surface area contributed by atoms with Gasteiger partial charge in [0.1, 0.15) is 6.42 Å². The summed E-state index contributed by atoms with van der Waals surface area (Å²) < 4.78 is 4.76. The van der Waals surface area contributed by atoms with E-state index < -0.39 is 5.97 Å². The summed E-state index contributed by atoms with van der Waals surface area (Å²) in [5.74, 6) is -1.17. The highest BCUT2D eigenvalue weighted by Gasteiger charge is 2.13. The smallest absolute Gasteiger partial charge is 0.313 e. The van der Waals surface area contributed by atoms with Crippen LogP contribution in [0.2, 0.25) is 0 Å². The number of esters is 1. The second-order valence-corrected chi connectivity index (χ2v) is 4.81. The van der Waals surface area contributed by atoms with E-state index in [1.165, 1.54) is 0 Å². The molecule has 5 nitrogen and oxygen atoms in total. The molecule has 0 aliphatic heterocycles. The van der Waals surface area contributed by atoms with Crippen LogP contribution in [0.1, 0.15) is 34.1 Å². The molecular weight excluding hydrogens is 294 g/mol. The number of hydrogen-bond acceptors (Lipinski definition) is 4. The van der Waals surface area contributed by atoms with E-state index in [1.54, 1.807) is 55.5 Å². The summed E-state index contributed by atoms with van der Waals surface area (Å²) in [5.41, 5.74) is 1.37. The van der Waals surface area contributed by atoms with Gasteiger partial charge in [-0.05, 0) is 31.2 Å². The van der Waals surface area contributed by atoms with Gasteiger partial charge in [-0.2, -0.15) is 0 Å². The second-order valence-electron chi connectivity index (χ2n) is 4.81. The number of nitrogens with one attached hydrogen (secondary N) is 1. The zero-order valence-corrected chi connectivity index (χ0v) is 12.7. The Morgan fingerprint density at radius 1 is 0.957 bits per heavy atom. The number of ether oxygens (including phenoxy) is 1. The Kier molecular flexibility index (Phi) is 5.63. The minimum atomic E-state index is -0.559. The summed E-state index contributed by atoms with van der Waals surface area (Å²) in [7, 11) is 0. The van der Waals surface area contributed by atoms with Crippen LogP contribution in [0.4, 0.5) is 5.69 Å². The fourth-order valence-corrected chi connectivity index (χ4v) is 2.01. The number of carbonyl (C=O) groups excluding carboxylic acids is 3. The SMILES string of the molecule is CCOC(=O)CC(=O)c1cccc(NC(=O)c2ccccc2)c1. The number of Topliss-reactive ketones (excluding diaryl/α,β-unsaturated/α-hetero) is 1. The number of ketones is 1. The van der Waals surface area contributed by atoms with Crippen LogP contribution in [-0.4, -0.2) is 24.3 Å². The third-order valence-electron chi connectivity index (χ3n) is 3.09. The Hall–Kier alpha value is -2.95. The summed E-state index contributed by atoms with van der Waals surface area (Å²) in [5, 5.41) is 2.72. The lowest BCUT2D eigenvalue weighted by Gasteiger charge is -2.07. The zero-order valence-electron chi connectivity index (χ0n) is 12.7. The van der Waals surface area contributed by atoms with Crippen LogP contribution in [0.3, 0.4) is 0 Å². The van der Waals surface area contributed by atoms with Crippen molar-refractivity contribution in [2.75, 3.05) is 11.9 Å². The van der Waals surface area contributed by atoms with Crippen LogP contribution in [0.5, 0.6) is 0 Å². The Balaban J connectivity index is 2.06. The number of hydrogen-bond donors (Lipinski definition) is 1. The minimum Gasteiger partial charge on any atom is -0.466 e. The van der Waals surface area contributed by atoms with E-state index in [1.807, 2.05) is 6.07 Å². The van der Waals surface area contributed by atoms with Gasteiger partial charge in [-0.25, -0.2) is 0 Å². The Morgan fingerprint density at radius 2 is 1.65 bits per heavy atom. The van der Waals surface area contributed by atoms with Crippen molar-refractivity contribution in [1.82, 2.24) is 0 Å². The third kappa shape index (κ3) is 4.78. The zero-order chi connectivity index (χ0) is 16.7. The van der Waals surface area contributed by atoms with E-state index in [0.29, 0.717) is 16.8 Å². The molecule has 0 unspecified atom stereocenters. The van der Waals surface area contributed by atoms with Crippen LogP contribution in [0.15, 0.2) is 54.6 Å². The van der Waals surface area contributed by atoms with Gasteiger partial charge < -0.3 is 10.1 Å². The lowest BCUT2D eigenvalue weighted by molar-refractivity contribution is -0.141. The minimum absolute atomic E-state index is 0.235. The second kappa shape index (κ2) is 7.89. The van der Waals surface area contributed by atoms with Crippen molar-refractivity contribution in [3.8, 4) is 0 Å². The molecule has 0 aromatic heterocycles. The first-order chi connectivity index (χ1) is 11.1. The Bertz CT molecular complexity index is 710. The predicted octanol–water partition coefficient (Wildman–Crippen LogP) is 3.07. The van der Waals surface area contributed by atoms with Gasteiger partial charge in [0.05, 0.1) is 6.61 Å². The quantitative estimate of drug-likeness (QED) is 0.505. The van der Waals surface area contributed by atoms with Crippen LogP contribution in [0.25, 0.3) is 0 Å². The van der Waals surface area contributed by atoms with Gasteiger partial charge in [0, 0.05) is 16.8 Å². The fourth-order valence-electron chi connectivity index (χ4n) is 2.01. The van der Waals surface area contributed by atoms with Gasteiger partial charge in [-0.15, -0.1) is 0 Å².